The molecule has 0 spiro atoms. The van der Waals surface area contributed by atoms with Crippen molar-refractivity contribution in [3.63, 3.8) is 0 Å². The van der Waals surface area contributed by atoms with E-state index in [0.717, 1.165) is 29.9 Å². The van der Waals surface area contributed by atoms with E-state index >= 15 is 0 Å². The van der Waals surface area contributed by atoms with E-state index in [1.165, 1.54) is 25.0 Å². The maximum absolute atomic E-state index is 12.6. The van der Waals surface area contributed by atoms with E-state index in [9.17, 15) is 13.2 Å². The lowest BCUT2D eigenvalue weighted by Crippen LogP contribution is -2.27. The summed E-state index contributed by atoms with van der Waals surface area (Å²) in [4.78, 5) is 0. The monoisotopic (exact) mass is 271 g/mol. The molecule has 1 atom stereocenters. The van der Waals surface area contributed by atoms with Gasteiger partial charge in [0.1, 0.15) is 0 Å². The second-order valence-corrected chi connectivity index (χ2v) is 5.41. The number of rotatable bonds is 5. The van der Waals surface area contributed by atoms with Crippen LogP contribution in [0.4, 0.5) is 13.2 Å². The Labute approximate surface area is 112 Å². The van der Waals surface area contributed by atoms with E-state index in [1.54, 1.807) is 13.0 Å². The van der Waals surface area contributed by atoms with Crippen molar-refractivity contribution >= 4 is 0 Å². The molecule has 1 aliphatic rings. The Hall–Kier alpha value is -1.03. The van der Waals surface area contributed by atoms with Gasteiger partial charge in [0.2, 0.25) is 0 Å². The fourth-order valence-electron chi connectivity index (χ4n) is 2.58. The van der Waals surface area contributed by atoms with Crippen LogP contribution in [-0.4, -0.2) is 13.1 Å². The topological polar surface area (TPSA) is 12.0 Å². The molecule has 1 N–H and O–H groups in total. The van der Waals surface area contributed by atoms with E-state index in [0.29, 0.717) is 6.04 Å². The molecule has 4 heteroatoms. The van der Waals surface area contributed by atoms with E-state index in [2.05, 4.69) is 5.32 Å². The van der Waals surface area contributed by atoms with Crippen molar-refractivity contribution < 1.29 is 13.2 Å². The zero-order chi connectivity index (χ0) is 14.0. The van der Waals surface area contributed by atoms with Crippen LogP contribution < -0.4 is 5.32 Å². The van der Waals surface area contributed by atoms with Gasteiger partial charge < -0.3 is 5.32 Å². The van der Waals surface area contributed by atoms with Gasteiger partial charge >= 0.3 is 6.18 Å². The highest BCUT2D eigenvalue weighted by Crippen LogP contribution is 2.35. The molecule has 1 aliphatic carbocycles. The van der Waals surface area contributed by atoms with E-state index in [1.807, 2.05) is 7.05 Å². The highest BCUT2D eigenvalue weighted by molar-refractivity contribution is 5.32. The lowest BCUT2D eigenvalue weighted by atomic mass is 9.97. The molecule has 2 rings (SSSR count). The molecule has 0 aliphatic heterocycles. The Kier molecular flexibility index (Phi) is 4.19. The molecular formula is C15H20F3N. The van der Waals surface area contributed by atoms with Crippen molar-refractivity contribution in [3.8, 4) is 0 Å². The molecule has 1 unspecified atom stereocenters. The highest BCUT2D eigenvalue weighted by atomic mass is 19.4. The Morgan fingerprint density at radius 3 is 2.47 bits per heavy atom. The van der Waals surface area contributed by atoms with Gasteiger partial charge in [-0.2, -0.15) is 13.2 Å². The molecule has 0 saturated heterocycles. The van der Waals surface area contributed by atoms with Gasteiger partial charge in [-0.1, -0.05) is 6.07 Å². The van der Waals surface area contributed by atoms with Crippen LogP contribution in [0.25, 0.3) is 0 Å². The van der Waals surface area contributed by atoms with Gasteiger partial charge in [0.05, 0.1) is 5.56 Å². The second kappa shape index (κ2) is 5.53. The smallest absolute Gasteiger partial charge is 0.317 e. The standard InChI is InChI=1S/C15H20F3N/c1-10-9-13(15(16,17)18)7-5-11(10)6-8-14(19-2)12-3-4-12/h5,7,9,12,14,19H,3-4,6,8H2,1-2H3. The van der Waals surface area contributed by atoms with Gasteiger partial charge in [-0.15, -0.1) is 0 Å². The van der Waals surface area contributed by atoms with Gasteiger partial charge in [0, 0.05) is 6.04 Å². The number of aryl methyl sites for hydroxylation is 2. The maximum Gasteiger partial charge on any atom is 0.416 e. The summed E-state index contributed by atoms with van der Waals surface area (Å²) < 4.78 is 37.7. The third-order valence-electron chi connectivity index (χ3n) is 3.96. The lowest BCUT2D eigenvalue weighted by molar-refractivity contribution is -0.137. The summed E-state index contributed by atoms with van der Waals surface area (Å²) in [6, 6.07) is 4.56. The number of alkyl halides is 3. The van der Waals surface area contributed by atoms with Crippen LogP contribution in [0.2, 0.25) is 0 Å². The number of nitrogens with one attached hydrogen (secondary N) is 1. The highest BCUT2D eigenvalue weighted by Gasteiger charge is 2.31. The Balaban J connectivity index is 2.00. The second-order valence-electron chi connectivity index (χ2n) is 5.41. The average Bonchev–Trinajstić information content (AvgIpc) is 3.14. The summed E-state index contributed by atoms with van der Waals surface area (Å²) in [7, 11) is 1.96. The van der Waals surface area contributed by atoms with Gasteiger partial charge in [-0.3, -0.25) is 0 Å². The summed E-state index contributed by atoms with van der Waals surface area (Å²) in [6.45, 7) is 1.76. The van der Waals surface area contributed by atoms with Gasteiger partial charge in [-0.05, 0) is 68.8 Å². The van der Waals surface area contributed by atoms with Crippen molar-refractivity contribution in [2.75, 3.05) is 7.05 Å². The predicted molar refractivity (Wildman–Crippen MR) is 70.1 cm³/mol. The quantitative estimate of drug-likeness (QED) is 0.855. The summed E-state index contributed by atoms with van der Waals surface area (Å²) in [6.07, 6.45) is 0.138. The Bertz CT molecular complexity index is 436. The Morgan fingerprint density at radius 2 is 2.00 bits per heavy atom. The van der Waals surface area contributed by atoms with Crippen LogP contribution in [0.15, 0.2) is 18.2 Å². The molecule has 1 fully saturated rings. The molecule has 1 saturated carbocycles. The molecule has 0 radical (unpaired) electrons. The van der Waals surface area contributed by atoms with Crippen molar-refractivity contribution in [3.05, 3.63) is 34.9 Å². The van der Waals surface area contributed by atoms with Crippen LogP contribution in [0.5, 0.6) is 0 Å². The number of hydrogen-bond acceptors (Lipinski definition) is 1. The molecule has 19 heavy (non-hydrogen) atoms. The zero-order valence-corrected chi connectivity index (χ0v) is 11.3. The number of halogens is 3. The third-order valence-corrected chi connectivity index (χ3v) is 3.96. The molecule has 0 aromatic heterocycles. The molecular weight excluding hydrogens is 251 g/mol. The van der Waals surface area contributed by atoms with E-state index < -0.39 is 11.7 Å². The summed E-state index contributed by atoms with van der Waals surface area (Å²) in [5.41, 5.74) is 1.20. The molecule has 1 aromatic carbocycles. The first-order valence-corrected chi connectivity index (χ1v) is 6.76. The number of hydrogen-bond donors (Lipinski definition) is 1. The van der Waals surface area contributed by atoms with Gasteiger partial charge in [-0.25, -0.2) is 0 Å². The van der Waals surface area contributed by atoms with Crippen molar-refractivity contribution in [1.29, 1.82) is 0 Å². The third kappa shape index (κ3) is 3.72. The van der Waals surface area contributed by atoms with Crippen LogP contribution in [0, 0.1) is 12.8 Å². The molecule has 0 heterocycles. The summed E-state index contributed by atoms with van der Waals surface area (Å²) >= 11 is 0. The first-order chi connectivity index (χ1) is 8.91. The number of benzene rings is 1. The van der Waals surface area contributed by atoms with Crippen LogP contribution in [-0.2, 0) is 12.6 Å². The largest absolute Gasteiger partial charge is 0.416 e. The summed E-state index contributed by atoms with van der Waals surface area (Å²) in [5, 5.41) is 3.31. The van der Waals surface area contributed by atoms with Crippen molar-refractivity contribution in [2.24, 2.45) is 5.92 Å². The minimum Gasteiger partial charge on any atom is -0.317 e. The summed E-state index contributed by atoms with van der Waals surface area (Å²) in [5.74, 6) is 0.764. The van der Waals surface area contributed by atoms with E-state index in [-0.39, 0.29) is 0 Å². The SMILES string of the molecule is CNC(CCc1ccc(C(F)(F)F)cc1C)C1CC1. The minimum absolute atomic E-state index is 0.502. The molecule has 106 valence electrons. The fraction of sp³-hybridized carbons (Fsp3) is 0.600. The molecule has 0 amide bonds. The molecule has 0 bridgehead atoms. The fourth-order valence-corrected chi connectivity index (χ4v) is 2.58. The molecule has 1 aromatic rings. The minimum atomic E-state index is -4.25. The maximum atomic E-state index is 12.6. The normalized spacial score (nSPS) is 17.5. The zero-order valence-electron chi connectivity index (χ0n) is 11.3. The lowest BCUT2D eigenvalue weighted by Gasteiger charge is -2.16. The predicted octanol–water partition coefficient (Wildman–Crippen LogP) is 3.94. The molecule has 1 nitrogen and oxygen atoms in total. The van der Waals surface area contributed by atoms with Gasteiger partial charge in [0.25, 0.3) is 0 Å². The van der Waals surface area contributed by atoms with Crippen LogP contribution in [0.1, 0.15) is 36.0 Å². The van der Waals surface area contributed by atoms with E-state index in [4.69, 9.17) is 0 Å². The Morgan fingerprint density at radius 1 is 1.32 bits per heavy atom. The van der Waals surface area contributed by atoms with Crippen molar-refractivity contribution in [1.82, 2.24) is 5.32 Å². The first kappa shape index (κ1) is 14.4. The van der Waals surface area contributed by atoms with Crippen LogP contribution >= 0.6 is 0 Å². The van der Waals surface area contributed by atoms with Gasteiger partial charge in [0.15, 0.2) is 0 Å². The van der Waals surface area contributed by atoms with Crippen molar-refractivity contribution in [2.45, 2.75) is 44.8 Å². The first-order valence-electron chi connectivity index (χ1n) is 6.76. The van der Waals surface area contributed by atoms with Crippen LogP contribution in [0.3, 0.4) is 0 Å². The average molecular weight is 271 g/mol.